The summed E-state index contributed by atoms with van der Waals surface area (Å²) in [6.45, 7) is 2.11. The van der Waals surface area contributed by atoms with Crippen LogP contribution in [0.1, 0.15) is 16.7 Å². The third-order valence-electron chi connectivity index (χ3n) is 3.91. The number of nitrogens with zero attached hydrogens (tertiary/aromatic N) is 3. The number of benzene rings is 1. The lowest BCUT2D eigenvalue weighted by atomic mass is 10.2. The fraction of sp³-hybridized carbons (Fsp3) is 0.263. The minimum atomic E-state index is -4.42. The first-order chi connectivity index (χ1) is 13.0. The first-order valence-corrected chi connectivity index (χ1v) is 8.54. The molecule has 0 aliphatic rings. The van der Waals surface area contributed by atoms with Gasteiger partial charge in [0, 0.05) is 37.6 Å². The van der Waals surface area contributed by atoms with Crippen LogP contribution in [-0.4, -0.2) is 27.9 Å². The van der Waals surface area contributed by atoms with Crippen molar-refractivity contribution in [1.82, 2.24) is 20.1 Å². The van der Waals surface area contributed by atoms with E-state index >= 15 is 0 Å². The Labute approximate surface area is 155 Å². The Morgan fingerprint density at radius 2 is 1.78 bits per heavy atom. The van der Waals surface area contributed by atoms with E-state index in [1.807, 2.05) is 41.2 Å². The lowest BCUT2D eigenvalue weighted by Crippen LogP contribution is -2.23. The summed E-state index contributed by atoms with van der Waals surface area (Å²) in [5.41, 5.74) is 1.42. The molecule has 8 heteroatoms. The smallest absolute Gasteiger partial charge is 0.368 e. The van der Waals surface area contributed by atoms with Gasteiger partial charge in [-0.1, -0.05) is 30.3 Å². The van der Waals surface area contributed by atoms with Crippen molar-refractivity contribution in [1.29, 1.82) is 0 Å². The molecule has 0 fully saturated rings. The third kappa shape index (κ3) is 5.55. The molecule has 0 spiro atoms. The second-order valence-corrected chi connectivity index (χ2v) is 6.03. The van der Waals surface area contributed by atoms with E-state index in [1.165, 1.54) is 17.8 Å². The SMILES string of the molecule is FC(F)(F)c1cccnc1NCCNCc1cnn(Cc2ccccc2)c1. The van der Waals surface area contributed by atoms with E-state index in [2.05, 4.69) is 20.7 Å². The predicted octanol–water partition coefficient (Wildman–Crippen LogP) is 3.55. The number of anilines is 1. The first-order valence-electron chi connectivity index (χ1n) is 8.54. The van der Waals surface area contributed by atoms with Crippen LogP contribution in [0.4, 0.5) is 19.0 Å². The quantitative estimate of drug-likeness (QED) is 0.592. The van der Waals surface area contributed by atoms with E-state index in [0.29, 0.717) is 26.2 Å². The molecule has 3 rings (SSSR count). The highest BCUT2D eigenvalue weighted by molar-refractivity contribution is 5.45. The van der Waals surface area contributed by atoms with Gasteiger partial charge in [-0.15, -0.1) is 0 Å². The summed E-state index contributed by atoms with van der Waals surface area (Å²) in [7, 11) is 0. The highest BCUT2D eigenvalue weighted by Gasteiger charge is 2.33. The number of pyridine rings is 1. The molecule has 0 saturated carbocycles. The largest absolute Gasteiger partial charge is 0.419 e. The van der Waals surface area contributed by atoms with Crippen molar-refractivity contribution in [2.24, 2.45) is 0 Å². The molecule has 0 unspecified atom stereocenters. The van der Waals surface area contributed by atoms with Crippen LogP contribution in [0.3, 0.4) is 0 Å². The average Bonchev–Trinajstić information content (AvgIpc) is 3.09. The molecule has 2 heterocycles. The molecule has 5 nitrogen and oxygen atoms in total. The summed E-state index contributed by atoms with van der Waals surface area (Å²) in [6.07, 6.45) is 0.654. The van der Waals surface area contributed by atoms with Crippen LogP contribution in [0.5, 0.6) is 0 Å². The Morgan fingerprint density at radius 1 is 0.963 bits per heavy atom. The third-order valence-corrected chi connectivity index (χ3v) is 3.91. The van der Waals surface area contributed by atoms with Crippen LogP contribution in [0, 0.1) is 0 Å². The van der Waals surface area contributed by atoms with Gasteiger partial charge in [0.1, 0.15) is 5.82 Å². The minimum absolute atomic E-state index is 0.150. The van der Waals surface area contributed by atoms with Gasteiger partial charge < -0.3 is 10.6 Å². The Morgan fingerprint density at radius 3 is 2.56 bits per heavy atom. The van der Waals surface area contributed by atoms with Crippen molar-refractivity contribution >= 4 is 5.82 Å². The number of halogens is 3. The van der Waals surface area contributed by atoms with E-state index < -0.39 is 11.7 Å². The van der Waals surface area contributed by atoms with Crippen LogP contribution in [0.2, 0.25) is 0 Å². The minimum Gasteiger partial charge on any atom is -0.368 e. The molecule has 0 atom stereocenters. The van der Waals surface area contributed by atoms with Crippen molar-refractivity contribution in [3.63, 3.8) is 0 Å². The van der Waals surface area contributed by atoms with Gasteiger partial charge >= 0.3 is 6.18 Å². The summed E-state index contributed by atoms with van der Waals surface area (Å²) < 4.78 is 40.6. The van der Waals surface area contributed by atoms with E-state index in [0.717, 1.165) is 11.6 Å². The van der Waals surface area contributed by atoms with Gasteiger partial charge in [0.15, 0.2) is 0 Å². The van der Waals surface area contributed by atoms with Gasteiger partial charge in [-0.3, -0.25) is 4.68 Å². The topological polar surface area (TPSA) is 54.8 Å². The summed E-state index contributed by atoms with van der Waals surface area (Å²) in [5.74, 6) is -0.150. The van der Waals surface area contributed by atoms with Gasteiger partial charge in [0.2, 0.25) is 0 Å². The average molecular weight is 375 g/mol. The molecule has 1 aromatic carbocycles. The molecule has 27 heavy (non-hydrogen) atoms. The lowest BCUT2D eigenvalue weighted by molar-refractivity contribution is -0.137. The van der Waals surface area contributed by atoms with Crippen molar-refractivity contribution in [2.75, 3.05) is 18.4 Å². The molecule has 0 aliphatic heterocycles. The zero-order valence-electron chi connectivity index (χ0n) is 14.6. The van der Waals surface area contributed by atoms with E-state index in [1.54, 1.807) is 6.20 Å². The standard InChI is InChI=1S/C19H20F3N5/c20-19(21,22)17-7-4-8-24-18(17)25-10-9-23-11-16-12-26-27(14-16)13-15-5-2-1-3-6-15/h1-8,12,14,23H,9-11,13H2,(H,24,25). The zero-order valence-corrected chi connectivity index (χ0v) is 14.6. The molecule has 3 aromatic rings. The number of hydrogen-bond acceptors (Lipinski definition) is 4. The predicted molar refractivity (Wildman–Crippen MR) is 97.2 cm³/mol. The molecule has 0 aliphatic carbocycles. The van der Waals surface area contributed by atoms with Crippen LogP contribution in [0.25, 0.3) is 0 Å². The lowest BCUT2D eigenvalue weighted by Gasteiger charge is -2.13. The number of rotatable bonds is 8. The summed E-state index contributed by atoms with van der Waals surface area (Å²) >= 11 is 0. The van der Waals surface area contributed by atoms with E-state index in [4.69, 9.17) is 0 Å². The number of nitrogens with one attached hydrogen (secondary N) is 2. The molecule has 142 valence electrons. The first kappa shape index (κ1) is 18.9. The second-order valence-electron chi connectivity index (χ2n) is 6.03. The Balaban J connectivity index is 1.43. The van der Waals surface area contributed by atoms with Gasteiger partial charge in [-0.2, -0.15) is 18.3 Å². The van der Waals surface area contributed by atoms with Crippen molar-refractivity contribution in [3.8, 4) is 0 Å². The summed E-state index contributed by atoms with van der Waals surface area (Å²) in [5, 5.41) is 10.2. The molecule has 0 saturated heterocycles. The maximum atomic E-state index is 12.9. The molecular formula is C19H20F3N5. The number of hydrogen-bond donors (Lipinski definition) is 2. The van der Waals surface area contributed by atoms with Gasteiger partial charge in [0.25, 0.3) is 0 Å². The molecule has 0 amide bonds. The van der Waals surface area contributed by atoms with Crippen LogP contribution < -0.4 is 10.6 Å². The van der Waals surface area contributed by atoms with Crippen LogP contribution in [0.15, 0.2) is 61.1 Å². The summed E-state index contributed by atoms with van der Waals surface area (Å²) in [4.78, 5) is 3.77. The maximum Gasteiger partial charge on any atom is 0.419 e. The Hall–Kier alpha value is -2.87. The Kier molecular flexibility index (Phi) is 6.08. The van der Waals surface area contributed by atoms with Crippen LogP contribution >= 0.6 is 0 Å². The van der Waals surface area contributed by atoms with Crippen molar-refractivity contribution in [3.05, 3.63) is 77.7 Å². The Bertz CT molecular complexity index is 846. The van der Waals surface area contributed by atoms with Gasteiger partial charge in [0.05, 0.1) is 18.3 Å². The number of alkyl halides is 3. The fourth-order valence-electron chi connectivity index (χ4n) is 2.63. The van der Waals surface area contributed by atoms with E-state index in [9.17, 15) is 13.2 Å². The molecule has 2 aromatic heterocycles. The number of aromatic nitrogens is 3. The highest BCUT2D eigenvalue weighted by Crippen LogP contribution is 2.33. The van der Waals surface area contributed by atoms with Gasteiger partial charge in [-0.25, -0.2) is 4.98 Å². The molecule has 0 bridgehead atoms. The van der Waals surface area contributed by atoms with Crippen molar-refractivity contribution < 1.29 is 13.2 Å². The van der Waals surface area contributed by atoms with Crippen LogP contribution in [-0.2, 0) is 19.3 Å². The molecule has 0 radical (unpaired) electrons. The van der Waals surface area contributed by atoms with Crippen molar-refractivity contribution in [2.45, 2.75) is 19.3 Å². The second kappa shape index (κ2) is 8.68. The fourth-order valence-corrected chi connectivity index (χ4v) is 2.63. The maximum absolute atomic E-state index is 12.9. The molecular weight excluding hydrogens is 355 g/mol. The highest BCUT2D eigenvalue weighted by atomic mass is 19.4. The van der Waals surface area contributed by atoms with E-state index in [-0.39, 0.29) is 5.82 Å². The normalized spacial score (nSPS) is 11.5. The zero-order chi connectivity index (χ0) is 19.1. The summed E-state index contributed by atoms with van der Waals surface area (Å²) in [6, 6.07) is 12.3. The molecule has 2 N–H and O–H groups in total. The van der Waals surface area contributed by atoms with Gasteiger partial charge in [-0.05, 0) is 17.7 Å². The monoisotopic (exact) mass is 375 g/mol.